The molecular weight excluding hydrogens is 997 g/mol. The Labute approximate surface area is 461 Å². The summed E-state index contributed by atoms with van der Waals surface area (Å²) in [7, 11) is 0. The normalized spacial score (nSPS) is 11.5. The van der Waals surface area contributed by atoms with Crippen LogP contribution in [0.3, 0.4) is 0 Å². The van der Waals surface area contributed by atoms with Crippen LogP contribution in [0.15, 0.2) is 67.5 Å². The van der Waals surface area contributed by atoms with Crippen LogP contribution in [-0.2, 0) is 0 Å². The molecule has 0 aliphatic rings. The molecule has 12 aromatic heterocycles. The molecule has 0 aliphatic heterocycles. The minimum atomic E-state index is 0.00608. The second-order valence-corrected chi connectivity index (χ2v) is 18.2. The van der Waals surface area contributed by atoms with Gasteiger partial charge in [-0.3, -0.25) is 0 Å². The van der Waals surface area contributed by atoms with Crippen LogP contribution in [0.25, 0.3) is 65.9 Å². The van der Waals surface area contributed by atoms with Crippen molar-refractivity contribution in [3.05, 3.63) is 141 Å². The average molecular weight is 1070 g/mol. The lowest BCUT2D eigenvalue weighted by Crippen LogP contribution is -2.00. The highest BCUT2D eigenvalue weighted by Crippen LogP contribution is 2.24. The summed E-state index contributed by atoms with van der Waals surface area (Å²) in [6.07, 6.45) is 6.31. The molecule has 0 aliphatic carbocycles. The summed E-state index contributed by atoms with van der Waals surface area (Å²) in [4.78, 5) is 40.9. The Morgan fingerprint density at radius 1 is 0.354 bits per heavy atom. The van der Waals surface area contributed by atoms with Crippen molar-refractivity contribution in [1.82, 2.24) is 90.6 Å². The highest BCUT2D eigenvalue weighted by molar-refractivity contribution is 5.85. The number of nitrogens with two attached hydrogens (primary N) is 6. The SMILES string of the molecule is Cc1cc2nc(N)c(C)c(C)c2nn1.[3H]c1c(C)c(N)nc2cc(C)nnc12.[3H]c1c(C)c(N)nc2cnc(C)nc12.[3H]c1c(C)c(N)nc2cnnc(C)c12.[3H]c1ncc2nc(N)c(C)c(C)c2n1.[3H]c1nncc2nc(N)c(C)c(C)c12. The molecule has 12 rings (SSSR count). The molecule has 0 atom stereocenters. The number of fused-ring (bicyclic) bond motifs is 6. The number of rotatable bonds is 0. The van der Waals surface area contributed by atoms with Gasteiger partial charge in [-0.05, 0) is 170 Å². The third-order valence-corrected chi connectivity index (χ3v) is 12.4. The second-order valence-electron chi connectivity index (χ2n) is 18.2. The molecule has 0 bridgehead atoms. The van der Waals surface area contributed by atoms with Gasteiger partial charge in [-0.15, -0.1) is 10.2 Å². The number of anilines is 6. The molecule has 0 spiro atoms. The van der Waals surface area contributed by atoms with Gasteiger partial charge in [0, 0.05) is 10.8 Å². The fourth-order valence-corrected chi connectivity index (χ4v) is 7.25. The van der Waals surface area contributed by atoms with E-state index in [0.717, 1.165) is 66.6 Å². The molecule has 402 valence electrons. The molecule has 0 saturated carbocycles. The van der Waals surface area contributed by atoms with E-state index in [4.69, 9.17) is 41.3 Å². The first-order valence-electron chi connectivity index (χ1n) is 26.7. The minimum Gasteiger partial charge on any atom is -0.383 e. The van der Waals surface area contributed by atoms with Crippen molar-refractivity contribution in [3.8, 4) is 0 Å². The monoisotopic (exact) mass is 1070 g/mol. The van der Waals surface area contributed by atoms with Crippen LogP contribution in [0.1, 0.15) is 79.8 Å². The summed E-state index contributed by atoms with van der Waals surface area (Å²) in [5.74, 6) is 3.33. The molecule has 0 saturated heterocycles. The molecule has 12 aromatic rings. The van der Waals surface area contributed by atoms with Crippen LogP contribution in [0.2, 0.25) is 0 Å². The largest absolute Gasteiger partial charge is 0.383 e. The van der Waals surface area contributed by atoms with Crippen molar-refractivity contribution in [2.45, 2.75) is 90.0 Å². The van der Waals surface area contributed by atoms with E-state index < -0.39 is 0 Å². The quantitative estimate of drug-likeness (QED) is 0.0848. The Morgan fingerprint density at radius 2 is 0.861 bits per heavy atom. The van der Waals surface area contributed by atoms with E-state index in [1.54, 1.807) is 40.0 Å². The lowest BCUT2D eigenvalue weighted by Gasteiger charge is -2.06. The van der Waals surface area contributed by atoms with Crippen molar-refractivity contribution in [3.63, 3.8) is 0 Å². The van der Waals surface area contributed by atoms with Gasteiger partial charge in [-0.2, -0.15) is 30.6 Å². The first kappa shape index (κ1) is 49.6. The van der Waals surface area contributed by atoms with E-state index in [9.17, 15) is 0 Å². The van der Waals surface area contributed by atoms with Gasteiger partial charge in [-0.1, -0.05) is 0 Å². The molecular formula is C55H62N24. The average Bonchev–Trinajstić information content (AvgIpc) is 2.77. The van der Waals surface area contributed by atoms with Crippen LogP contribution in [-0.4, -0.2) is 90.6 Å². The maximum Gasteiger partial charge on any atom is 0.127 e. The van der Waals surface area contributed by atoms with Crippen LogP contribution < -0.4 is 34.4 Å². The number of nitrogen functional groups attached to an aromatic ring is 6. The van der Waals surface area contributed by atoms with Crippen LogP contribution in [0.4, 0.5) is 34.9 Å². The minimum absolute atomic E-state index is 0.00608. The Morgan fingerprint density at radius 3 is 1.53 bits per heavy atom. The molecule has 0 amide bonds. The molecule has 0 aromatic carbocycles. The van der Waals surface area contributed by atoms with Crippen molar-refractivity contribution in [1.29, 1.82) is 0 Å². The van der Waals surface area contributed by atoms with Gasteiger partial charge < -0.3 is 34.4 Å². The lowest BCUT2D eigenvalue weighted by atomic mass is 10.1. The third kappa shape index (κ3) is 13.2. The van der Waals surface area contributed by atoms with Gasteiger partial charge >= 0.3 is 0 Å². The van der Waals surface area contributed by atoms with E-state index in [2.05, 4.69) is 90.6 Å². The number of aryl methyl sites for hydroxylation is 7. The van der Waals surface area contributed by atoms with E-state index in [0.29, 0.717) is 125 Å². The molecule has 0 unspecified atom stereocenters. The van der Waals surface area contributed by atoms with Gasteiger partial charge in [0.15, 0.2) is 0 Å². The zero-order chi connectivity index (χ0) is 61.8. The number of nitrogens with zero attached hydrogens (tertiary/aromatic N) is 18. The van der Waals surface area contributed by atoms with E-state index in [1.807, 2.05) is 68.4 Å². The van der Waals surface area contributed by atoms with Crippen LogP contribution in [0.5, 0.6) is 0 Å². The Kier molecular flexibility index (Phi) is 15.2. The standard InChI is InChI=1S/C10H12N4.5C9H10N4/c1-5-4-8-9(14-13-5)6(2)7(3)10(11)12-8;1-5-6(2)9(10)13-7-3-11-4-12-8(5)7;1-5-6(2)9(10)13-8-4-12-11-3-7(5)8;1-5-3-7-8(13-9(5)10)4-11-6(2)12-7;1-5-3-7-6(2)13-11-4-8(7)12-9(5)10;1-5-3-8-7(11-9(5)10)4-6(2)12-13-8/h4H,1-3H3,(H2,11,12);3*3-4H,1-2H3,(H2,10,13);3-4H,1-2H3,(H2,10,12);3-4H,1-2H3,(H2,10,11)/i;4T;4*3T. The van der Waals surface area contributed by atoms with Crippen molar-refractivity contribution in [2.24, 2.45) is 0 Å². The molecule has 24 heteroatoms. The van der Waals surface area contributed by atoms with Crippen LogP contribution in [0, 0.1) is 90.0 Å². The molecule has 24 nitrogen and oxygen atoms in total. The fraction of sp³-hybridized carbons (Fsp3) is 0.236. The molecule has 0 fully saturated rings. The van der Waals surface area contributed by atoms with Gasteiger partial charge in [-0.25, -0.2) is 49.8 Å². The van der Waals surface area contributed by atoms with Gasteiger partial charge in [0.05, 0.1) is 86.6 Å². The predicted octanol–water partition coefficient (Wildman–Crippen LogP) is 7.65. The lowest BCUT2D eigenvalue weighted by molar-refractivity contribution is 0.996. The fourth-order valence-electron chi connectivity index (χ4n) is 7.25. The summed E-state index contributed by atoms with van der Waals surface area (Å²) in [6.45, 7) is 24.1. The van der Waals surface area contributed by atoms with Crippen molar-refractivity contribution in [2.75, 3.05) is 34.4 Å². The summed E-state index contributed by atoms with van der Waals surface area (Å²) in [5.41, 5.74) is 50.8. The van der Waals surface area contributed by atoms with Gasteiger partial charge in [0.2, 0.25) is 0 Å². The third-order valence-electron chi connectivity index (χ3n) is 12.4. The summed E-state index contributed by atoms with van der Waals surface area (Å²) in [6, 6.07) is 4.69. The maximum atomic E-state index is 7.88. The smallest absolute Gasteiger partial charge is 0.127 e. The summed E-state index contributed by atoms with van der Waals surface area (Å²) in [5, 5.41) is 32.4. The topological polar surface area (TPSA) is 388 Å². The molecule has 0 radical (unpaired) electrons. The highest BCUT2D eigenvalue weighted by atomic mass is 15.1. The Hall–Kier alpha value is -10.3. The zero-order valence-electron chi connectivity index (χ0n) is 51.0. The molecule has 12 heterocycles. The maximum absolute atomic E-state index is 7.88. The Balaban J connectivity index is 0.000000145. The van der Waals surface area contributed by atoms with Crippen LogP contribution >= 0.6 is 0 Å². The van der Waals surface area contributed by atoms with Gasteiger partial charge in [0.25, 0.3) is 0 Å². The first-order valence-corrected chi connectivity index (χ1v) is 24.2. The molecule has 79 heavy (non-hydrogen) atoms. The predicted molar refractivity (Wildman–Crippen MR) is 312 cm³/mol. The van der Waals surface area contributed by atoms with E-state index in [1.165, 1.54) is 18.6 Å². The molecule has 12 N–H and O–H groups in total. The number of hydrogen-bond acceptors (Lipinski definition) is 24. The van der Waals surface area contributed by atoms with Gasteiger partial charge in [0.1, 0.15) is 70.5 Å². The number of aromatic nitrogens is 18. The van der Waals surface area contributed by atoms with Crippen molar-refractivity contribution < 1.29 is 6.85 Å². The number of pyridine rings is 6. The second kappa shape index (κ2) is 24.2. The highest BCUT2D eigenvalue weighted by Gasteiger charge is 2.10. The first-order chi connectivity index (χ1) is 39.6. The van der Waals surface area contributed by atoms with E-state index >= 15 is 0 Å². The Bertz CT molecular complexity index is 4230. The zero-order valence-corrected chi connectivity index (χ0v) is 46.0. The number of hydrogen-bond donors (Lipinski definition) is 6. The summed E-state index contributed by atoms with van der Waals surface area (Å²) < 4.78 is 38.4. The van der Waals surface area contributed by atoms with E-state index in [-0.39, 0.29) is 12.5 Å². The van der Waals surface area contributed by atoms with Crippen molar-refractivity contribution >= 4 is 101 Å². The summed E-state index contributed by atoms with van der Waals surface area (Å²) >= 11 is 0.